The Bertz CT molecular complexity index is 580. The number of aryl methyl sites for hydroxylation is 2. The van der Waals surface area contributed by atoms with Crippen LogP contribution in [0.1, 0.15) is 23.4 Å². The number of benzene rings is 1. The quantitative estimate of drug-likeness (QED) is 0.769. The van der Waals surface area contributed by atoms with Gasteiger partial charge in [-0.15, -0.1) is 5.10 Å². The molecule has 0 aliphatic heterocycles. The van der Waals surface area contributed by atoms with Gasteiger partial charge in [-0.3, -0.25) is 0 Å². The third kappa shape index (κ3) is 3.32. The third-order valence-corrected chi connectivity index (χ3v) is 2.89. The fourth-order valence-corrected chi connectivity index (χ4v) is 1.71. The second kappa shape index (κ2) is 6.01. The minimum atomic E-state index is 0.388. The summed E-state index contributed by atoms with van der Waals surface area (Å²) in [6.45, 7) is 5.21. The summed E-state index contributed by atoms with van der Waals surface area (Å²) >= 11 is 0. The van der Waals surface area contributed by atoms with E-state index >= 15 is 0 Å². The van der Waals surface area contributed by atoms with Crippen LogP contribution in [0, 0.1) is 25.2 Å². The Morgan fingerprint density at radius 1 is 1.26 bits per heavy atom. The third-order valence-electron chi connectivity index (χ3n) is 2.89. The van der Waals surface area contributed by atoms with Gasteiger partial charge in [0.1, 0.15) is 11.8 Å². The van der Waals surface area contributed by atoms with E-state index in [0.717, 1.165) is 17.9 Å². The Morgan fingerprint density at radius 2 is 2.00 bits per heavy atom. The molecule has 5 nitrogen and oxygen atoms in total. The molecule has 0 saturated carbocycles. The summed E-state index contributed by atoms with van der Waals surface area (Å²) in [6, 6.07) is 9.98. The molecule has 0 N–H and O–H groups in total. The van der Waals surface area contributed by atoms with Gasteiger partial charge in [-0.2, -0.15) is 5.26 Å². The van der Waals surface area contributed by atoms with Gasteiger partial charge in [-0.25, -0.2) is 4.68 Å². The smallest absolute Gasteiger partial charge is 0.185 e. The molecule has 1 aromatic carbocycles. The van der Waals surface area contributed by atoms with Crippen LogP contribution in [-0.4, -0.2) is 21.6 Å². The number of aromatic nitrogens is 3. The average molecular weight is 256 g/mol. The van der Waals surface area contributed by atoms with Crippen molar-refractivity contribution < 1.29 is 4.74 Å². The van der Waals surface area contributed by atoms with Gasteiger partial charge in [0.25, 0.3) is 0 Å². The number of ether oxygens (including phenoxy) is 1. The summed E-state index contributed by atoms with van der Waals surface area (Å²) < 4.78 is 7.36. The first-order valence-corrected chi connectivity index (χ1v) is 6.20. The lowest BCUT2D eigenvalue weighted by molar-refractivity contribution is 0.297. The van der Waals surface area contributed by atoms with Gasteiger partial charge >= 0.3 is 0 Å². The van der Waals surface area contributed by atoms with E-state index in [1.807, 2.05) is 44.2 Å². The second-order valence-electron chi connectivity index (χ2n) is 4.37. The number of hydrogen-bond donors (Lipinski definition) is 0. The molecule has 0 spiro atoms. The number of hydrogen-bond acceptors (Lipinski definition) is 4. The lowest BCUT2D eigenvalue weighted by Gasteiger charge is -2.07. The van der Waals surface area contributed by atoms with E-state index < -0.39 is 0 Å². The van der Waals surface area contributed by atoms with Crippen LogP contribution in [-0.2, 0) is 6.54 Å². The minimum absolute atomic E-state index is 0.388. The van der Waals surface area contributed by atoms with Crippen LogP contribution >= 0.6 is 0 Å². The molecule has 0 aliphatic carbocycles. The summed E-state index contributed by atoms with van der Waals surface area (Å²) in [5, 5.41) is 16.5. The second-order valence-corrected chi connectivity index (χ2v) is 4.37. The Kier molecular flexibility index (Phi) is 4.14. The molecule has 0 unspecified atom stereocenters. The van der Waals surface area contributed by atoms with E-state index in [-0.39, 0.29) is 0 Å². The lowest BCUT2D eigenvalue weighted by atomic mass is 10.2. The fraction of sp³-hybridized carbons (Fsp3) is 0.357. The van der Waals surface area contributed by atoms with E-state index in [0.29, 0.717) is 18.8 Å². The van der Waals surface area contributed by atoms with Crippen molar-refractivity contribution >= 4 is 0 Å². The summed E-state index contributed by atoms with van der Waals surface area (Å²) in [5.41, 5.74) is 2.41. The molecule has 2 rings (SSSR count). The van der Waals surface area contributed by atoms with E-state index in [2.05, 4.69) is 10.3 Å². The van der Waals surface area contributed by atoms with Gasteiger partial charge in [0.2, 0.25) is 0 Å². The van der Waals surface area contributed by atoms with Crippen LogP contribution in [0.2, 0.25) is 0 Å². The molecular weight excluding hydrogens is 240 g/mol. The molecule has 19 heavy (non-hydrogen) atoms. The molecule has 1 aromatic heterocycles. The summed E-state index contributed by atoms with van der Waals surface area (Å²) in [6.07, 6.45) is 0.822. The Morgan fingerprint density at radius 3 is 2.63 bits per heavy atom. The van der Waals surface area contributed by atoms with Crippen LogP contribution in [0.5, 0.6) is 5.75 Å². The Hall–Kier alpha value is -2.35. The maximum Gasteiger partial charge on any atom is 0.185 e. The Balaban J connectivity index is 1.79. The van der Waals surface area contributed by atoms with E-state index in [1.54, 1.807) is 4.68 Å². The van der Waals surface area contributed by atoms with Crippen molar-refractivity contribution in [3.63, 3.8) is 0 Å². The molecule has 0 fully saturated rings. The highest BCUT2D eigenvalue weighted by Crippen LogP contribution is 2.11. The van der Waals surface area contributed by atoms with Crippen LogP contribution in [0.25, 0.3) is 0 Å². The molecule has 5 heteroatoms. The molecule has 0 atom stereocenters. The molecule has 0 bridgehead atoms. The topological polar surface area (TPSA) is 63.7 Å². The van der Waals surface area contributed by atoms with E-state index in [4.69, 9.17) is 10.00 Å². The highest BCUT2D eigenvalue weighted by Gasteiger charge is 2.06. The van der Waals surface area contributed by atoms with Gasteiger partial charge in [0.05, 0.1) is 12.3 Å². The van der Waals surface area contributed by atoms with Crippen LogP contribution in [0.4, 0.5) is 0 Å². The highest BCUT2D eigenvalue weighted by molar-refractivity contribution is 5.26. The van der Waals surface area contributed by atoms with Crippen molar-refractivity contribution in [2.75, 3.05) is 6.61 Å². The van der Waals surface area contributed by atoms with Crippen molar-refractivity contribution in [3.05, 3.63) is 41.2 Å². The average Bonchev–Trinajstić information content (AvgIpc) is 2.77. The number of nitriles is 1. The molecule has 0 aliphatic rings. The number of nitrogens with zero attached hydrogens (tertiary/aromatic N) is 4. The van der Waals surface area contributed by atoms with Gasteiger partial charge in [-0.1, -0.05) is 22.9 Å². The van der Waals surface area contributed by atoms with Crippen molar-refractivity contribution in [1.82, 2.24) is 15.0 Å². The van der Waals surface area contributed by atoms with Crippen molar-refractivity contribution in [3.8, 4) is 11.8 Å². The summed E-state index contributed by atoms with van der Waals surface area (Å²) in [7, 11) is 0. The maximum absolute atomic E-state index is 8.78. The largest absolute Gasteiger partial charge is 0.494 e. The van der Waals surface area contributed by atoms with Gasteiger partial charge in [0, 0.05) is 13.0 Å². The van der Waals surface area contributed by atoms with Crippen LogP contribution in [0.15, 0.2) is 24.3 Å². The first-order valence-electron chi connectivity index (χ1n) is 6.20. The zero-order valence-corrected chi connectivity index (χ0v) is 11.1. The summed E-state index contributed by atoms with van der Waals surface area (Å²) in [4.78, 5) is 0. The van der Waals surface area contributed by atoms with Gasteiger partial charge < -0.3 is 4.74 Å². The maximum atomic E-state index is 8.78. The van der Waals surface area contributed by atoms with Crippen molar-refractivity contribution in [1.29, 1.82) is 5.26 Å². The van der Waals surface area contributed by atoms with Crippen LogP contribution in [0.3, 0.4) is 0 Å². The van der Waals surface area contributed by atoms with E-state index in [9.17, 15) is 0 Å². The van der Waals surface area contributed by atoms with E-state index in [1.165, 1.54) is 5.56 Å². The van der Waals surface area contributed by atoms with Crippen molar-refractivity contribution in [2.45, 2.75) is 26.8 Å². The summed E-state index contributed by atoms with van der Waals surface area (Å²) in [5.74, 6) is 0.874. The molecule has 1 heterocycles. The first-order chi connectivity index (χ1) is 9.20. The van der Waals surface area contributed by atoms with Crippen LogP contribution < -0.4 is 4.74 Å². The van der Waals surface area contributed by atoms with Crippen molar-refractivity contribution in [2.24, 2.45) is 0 Å². The highest BCUT2D eigenvalue weighted by atomic mass is 16.5. The monoisotopic (exact) mass is 256 g/mol. The SMILES string of the molecule is Cc1ccc(OCCCn2nnc(C#N)c2C)cc1. The van der Waals surface area contributed by atoms with Gasteiger partial charge in [0.15, 0.2) is 5.69 Å². The molecule has 98 valence electrons. The minimum Gasteiger partial charge on any atom is -0.494 e. The standard InChI is InChI=1S/C14H16N4O/c1-11-4-6-13(7-5-11)19-9-3-8-18-12(2)14(10-15)16-17-18/h4-7H,3,8-9H2,1-2H3. The lowest BCUT2D eigenvalue weighted by Crippen LogP contribution is -2.07. The molecule has 2 aromatic rings. The zero-order valence-electron chi connectivity index (χ0n) is 11.1. The Labute approximate surface area is 112 Å². The molecular formula is C14H16N4O. The zero-order chi connectivity index (χ0) is 13.7. The predicted octanol–water partition coefficient (Wildman–Crippen LogP) is 2.24. The fourth-order valence-electron chi connectivity index (χ4n) is 1.71. The first kappa shape index (κ1) is 13.1. The van der Waals surface area contributed by atoms with Gasteiger partial charge in [-0.05, 0) is 26.0 Å². The number of rotatable bonds is 5. The molecule has 0 amide bonds. The normalized spacial score (nSPS) is 10.2. The molecule has 0 radical (unpaired) electrons. The predicted molar refractivity (Wildman–Crippen MR) is 70.8 cm³/mol. The molecule has 0 saturated heterocycles.